The van der Waals surface area contributed by atoms with Crippen molar-refractivity contribution in [3.8, 4) is 17.2 Å². The summed E-state index contributed by atoms with van der Waals surface area (Å²) in [5, 5.41) is 71.6. The molecule has 3 aromatic carbocycles. The number of fused-ring (bicyclic) bond motifs is 2. The summed E-state index contributed by atoms with van der Waals surface area (Å²) in [6.45, 7) is -2.14. The van der Waals surface area contributed by atoms with Gasteiger partial charge in [0.2, 0.25) is 12.1 Å². The number of aromatic hydroxyl groups is 1. The number of aliphatic hydroxyl groups is 5. The molecular weight excluding hydrogens is 833 g/mol. The van der Waals surface area contributed by atoms with Gasteiger partial charge < -0.3 is 61.6 Å². The Hall–Kier alpha value is -6.74. The van der Waals surface area contributed by atoms with Crippen molar-refractivity contribution in [1.29, 1.82) is 0 Å². The molecule has 6 atom stereocenters. The first-order chi connectivity index (χ1) is 30.6. The summed E-state index contributed by atoms with van der Waals surface area (Å²) in [5.74, 6) is -4.85. The van der Waals surface area contributed by atoms with Crippen molar-refractivity contribution >= 4 is 35.2 Å². The van der Waals surface area contributed by atoms with Crippen molar-refractivity contribution in [3.05, 3.63) is 123 Å². The SMILES string of the molecule is CN=C(N)NCc1c(CCc2ccccc2)cc2c(c1O)C(=O)c1c(O[C@@H]3O[C@H](CO)[C@](O)(C[C@H](CN4C(=O)C=CC4=O)c4ccnc(N)c4)[C@H](O)[C@H]3O)cc(OC)c(CO)c1C2=O. The maximum atomic E-state index is 14.8. The van der Waals surface area contributed by atoms with Gasteiger partial charge in [-0.05, 0) is 54.2 Å². The van der Waals surface area contributed by atoms with Gasteiger partial charge in [0.1, 0.15) is 47.0 Å². The van der Waals surface area contributed by atoms with Crippen LogP contribution in [0.2, 0.25) is 0 Å². The lowest BCUT2D eigenvalue weighted by atomic mass is 9.75. The van der Waals surface area contributed by atoms with Crippen LogP contribution in [0.1, 0.15) is 72.0 Å². The average molecular weight is 881 g/mol. The van der Waals surface area contributed by atoms with Gasteiger partial charge in [-0.25, -0.2) is 4.98 Å². The molecule has 19 nitrogen and oxygen atoms in total. The standard InChI is InChI=1S/C45H48N6O13/c1-48-44(47)50-18-27-24(9-8-22-6-4-3-5-7-22)14-26-36(39(27)57)40(58)37-30(16-29(62-2)28(20-52)35(37)38(26)56)63-43-41(59)42(60)45(61,31(21-53)64-43)17-25(23-12-13-49-32(46)15-23)19-51-33(54)10-11-34(51)55/h3-7,10-16,25,31,41-43,52-53,57,59-61H,8-9,17-21H2,1-2H3,(H2,46,49)(H3,47,48,50)/t25-,31-,41-,42-,43-,45-/m1/s1. The number of nitrogens with two attached hydrogens (primary N) is 2. The predicted molar refractivity (Wildman–Crippen MR) is 227 cm³/mol. The predicted octanol–water partition coefficient (Wildman–Crippen LogP) is 0.113. The van der Waals surface area contributed by atoms with E-state index in [9.17, 15) is 49.8 Å². The highest BCUT2D eigenvalue weighted by atomic mass is 16.7. The zero-order valence-corrected chi connectivity index (χ0v) is 34.8. The number of phenols is 1. The molecule has 0 bridgehead atoms. The Kier molecular flexibility index (Phi) is 13.1. The average Bonchev–Trinajstić information content (AvgIpc) is 3.61. The van der Waals surface area contributed by atoms with E-state index in [1.165, 1.54) is 38.6 Å². The summed E-state index contributed by atoms with van der Waals surface area (Å²) in [6, 6.07) is 15.1. The molecule has 1 aliphatic carbocycles. The molecule has 11 N–H and O–H groups in total. The van der Waals surface area contributed by atoms with E-state index in [1.54, 1.807) is 0 Å². The zero-order valence-electron chi connectivity index (χ0n) is 34.8. The Morgan fingerprint density at radius 1 is 0.969 bits per heavy atom. The van der Waals surface area contributed by atoms with E-state index < -0.39 is 96.2 Å². The van der Waals surface area contributed by atoms with Gasteiger partial charge in [0.25, 0.3) is 11.8 Å². The van der Waals surface area contributed by atoms with Crippen molar-refractivity contribution in [1.82, 2.24) is 15.2 Å². The van der Waals surface area contributed by atoms with Gasteiger partial charge in [-0.15, -0.1) is 0 Å². The number of hydrogen-bond acceptors (Lipinski definition) is 16. The summed E-state index contributed by atoms with van der Waals surface area (Å²) < 4.78 is 17.6. The molecule has 3 heterocycles. The number of guanidine groups is 1. The van der Waals surface area contributed by atoms with Crippen molar-refractivity contribution in [2.45, 2.75) is 68.5 Å². The van der Waals surface area contributed by atoms with E-state index in [2.05, 4.69) is 15.3 Å². The second-order valence-corrected chi connectivity index (χ2v) is 15.6. The molecule has 4 aromatic rings. The van der Waals surface area contributed by atoms with E-state index in [0.29, 0.717) is 24.0 Å². The second-order valence-electron chi connectivity index (χ2n) is 15.6. The maximum Gasteiger partial charge on any atom is 0.253 e. The number of carbonyl (C=O) groups is 4. The van der Waals surface area contributed by atoms with Gasteiger partial charge >= 0.3 is 0 Å². The largest absolute Gasteiger partial charge is 0.507 e. The molecule has 1 saturated heterocycles. The molecule has 1 aromatic heterocycles. The van der Waals surface area contributed by atoms with Crippen LogP contribution < -0.4 is 26.3 Å². The van der Waals surface area contributed by atoms with Crippen molar-refractivity contribution in [2.75, 3.05) is 33.0 Å². The third kappa shape index (κ3) is 8.39. The summed E-state index contributed by atoms with van der Waals surface area (Å²) in [5.41, 5.74) is 10.1. The topological polar surface area (TPSA) is 310 Å². The highest BCUT2D eigenvalue weighted by Gasteiger charge is 2.57. The summed E-state index contributed by atoms with van der Waals surface area (Å²) in [4.78, 5) is 63.4. The smallest absolute Gasteiger partial charge is 0.253 e. The monoisotopic (exact) mass is 880 g/mol. The number of carbonyl (C=O) groups excluding carboxylic acids is 4. The van der Waals surface area contributed by atoms with Gasteiger partial charge in [-0.2, -0.15) is 0 Å². The van der Waals surface area contributed by atoms with Crippen LogP contribution in [0, 0.1) is 0 Å². The van der Waals surface area contributed by atoms with E-state index in [-0.39, 0.29) is 58.4 Å². The molecule has 336 valence electrons. The number of aliphatic hydroxyl groups excluding tert-OH is 4. The Labute approximate surface area is 366 Å². The van der Waals surface area contributed by atoms with E-state index in [4.69, 9.17) is 25.7 Å². The molecule has 0 saturated carbocycles. The number of amides is 2. The number of anilines is 1. The number of benzene rings is 3. The Morgan fingerprint density at radius 2 is 1.69 bits per heavy atom. The number of imide groups is 1. The van der Waals surface area contributed by atoms with Crippen LogP contribution in [0.25, 0.3) is 0 Å². The lowest BCUT2D eigenvalue weighted by molar-refractivity contribution is -0.315. The third-order valence-electron chi connectivity index (χ3n) is 11.9. The maximum absolute atomic E-state index is 14.8. The van der Waals surface area contributed by atoms with Crippen LogP contribution in [-0.4, -0.2) is 127 Å². The number of aromatic nitrogens is 1. The van der Waals surface area contributed by atoms with E-state index in [0.717, 1.165) is 28.7 Å². The van der Waals surface area contributed by atoms with Crippen molar-refractivity contribution in [2.24, 2.45) is 10.7 Å². The molecule has 3 aliphatic rings. The minimum Gasteiger partial charge on any atom is -0.507 e. The van der Waals surface area contributed by atoms with Gasteiger partial charge in [0, 0.05) is 72.7 Å². The fourth-order valence-electron chi connectivity index (χ4n) is 8.52. The first-order valence-corrected chi connectivity index (χ1v) is 20.2. The normalized spacial score (nSPS) is 22.4. The van der Waals surface area contributed by atoms with Crippen molar-refractivity contribution < 1.29 is 64.0 Å². The van der Waals surface area contributed by atoms with Gasteiger partial charge in [0.15, 0.2) is 11.7 Å². The number of nitrogens with zero attached hydrogens (tertiary/aromatic N) is 3. The van der Waals surface area contributed by atoms with Crippen LogP contribution in [0.3, 0.4) is 0 Å². The van der Waals surface area contributed by atoms with Crippen LogP contribution in [-0.2, 0) is 40.3 Å². The molecule has 0 radical (unpaired) electrons. The van der Waals surface area contributed by atoms with Crippen LogP contribution in [0.5, 0.6) is 17.2 Å². The summed E-state index contributed by atoms with van der Waals surface area (Å²) >= 11 is 0. The number of rotatable bonds is 15. The molecule has 1 fully saturated rings. The Bertz CT molecular complexity index is 2530. The molecule has 2 amide bonds. The summed E-state index contributed by atoms with van der Waals surface area (Å²) in [6.07, 6.45) is -4.11. The number of pyridine rings is 1. The first-order valence-electron chi connectivity index (χ1n) is 20.2. The van der Waals surface area contributed by atoms with Gasteiger partial charge in [-0.1, -0.05) is 30.3 Å². The number of ether oxygens (including phenoxy) is 3. The number of nitrogens with one attached hydrogen (secondary N) is 1. The Balaban J connectivity index is 1.26. The van der Waals surface area contributed by atoms with E-state index >= 15 is 0 Å². The number of aryl methyl sites for hydroxylation is 2. The highest BCUT2D eigenvalue weighted by molar-refractivity contribution is 6.31. The molecular formula is C45H48N6O13. The second kappa shape index (κ2) is 18.5. The lowest BCUT2D eigenvalue weighted by Crippen LogP contribution is -2.68. The van der Waals surface area contributed by atoms with Crippen LogP contribution in [0.4, 0.5) is 5.82 Å². The minimum atomic E-state index is -2.49. The molecule has 2 aliphatic heterocycles. The van der Waals surface area contributed by atoms with Crippen LogP contribution >= 0.6 is 0 Å². The molecule has 7 rings (SSSR count). The number of methoxy groups -OCH3 is 1. The lowest BCUT2D eigenvalue weighted by Gasteiger charge is -2.49. The van der Waals surface area contributed by atoms with Crippen LogP contribution in [0.15, 0.2) is 77.9 Å². The third-order valence-corrected chi connectivity index (χ3v) is 11.9. The highest BCUT2D eigenvalue weighted by Crippen LogP contribution is 2.46. The zero-order chi connectivity index (χ0) is 46.0. The first kappa shape index (κ1) is 45.3. The molecule has 0 unspecified atom stereocenters. The number of aliphatic imine (C=N–C) groups is 1. The number of ketones is 2. The number of nitrogen functional groups attached to an aromatic ring is 1. The Morgan fingerprint density at radius 3 is 2.33 bits per heavy atom. The molecule has 0 spiro atoms. The van der Waals surface area contributed by atoms with Gasteiger partial charge in [0.05, 0.1) is 31.5 Å². The van der Waals surface area contributed by atoms with E-state index in [1.807, 2.05) is 30.3 Å². The fourth-order valence-corrected chi connectivity index (χ4v) is 8.52. The fraction of sp³-hybridized carbons (Fsp3) is 0.333. The number of hydrogen-bond donors (Lipinski definition) is 9. The number of phenolic OH excluding ortho intramolecular Hbond substituents is 1. The molecule has 19 heteroatoms. The summed E-state index contributed by atoms with van der Waals surface area (Å²) in [7, 11) is 2.71. The van der Waals surface area contributed by atoms with Gasteiger partial charge in [-0.3, -0.25) is 29.1 Å². The molecule has 64 heavy (non-hydrogen) atoms. The quantitative estimate of drug-likeness (QED) is 0.0383. The van der Waals surface area contributed by atoms with Crippen molar-refractivity contribution in [3.63, 3.8) is 0 Å². The minimum absolute atomic E-state index is 0.0437.